The van der Waals surface area contributed by atoms with Crippen molar-refractivity contribution in [1.82, 2.24) is 9.88 Å². The Kier molecular flexibility index (Phi) is 4.91. The maximum Gasteiger partial charge on any atom is 0.228 e. The molecule has 1 saturated carbocycles. The zero-order valence-electron chi connectivity index (χ0n) is 17.3. The van der Waals surface area contributed by atoms with Crippen molar-refractivity contribution in [1.29, 1.82) is 0 Å². The molecule has 0 bridgehead atoms. The fourth-order valence-electron chi connectivity index (χ4n) is 4.93. The number of hydrogen-bond acceptors (Lipinski definition) is 4. The van der Waals surface area contributed by atoms with E-state index < -0.39 is 0 Å². The van der Waals surface area contributed by atoms with Gasteiger partial charge in [0.05, 0.1) is 18.3 Å². The van der Waals surface area contributed by atoms with Gasteiger partial charge in [0.25, 0.3) is 0 Å². The summed E-state index contributed by atoms with van der Waals surface area (Å²) < 4.78 is 5.36. The Morgan fingerprint density at radius 1 is 1.13 bits per heavy atom. The number of piperidine rings is 1. The van der Waals surface area contributed by atoms with E-state index in [-0.39, 0.29) is 17.2 Å². The molecule has 1 unspecified atom stereocenters. The zero-order chi connectivity index (χ0) is 20.6. The number of nitrogens with zero attached hydrogens (tertiary/aromatic N) is 2. The first-order chi connectivity index (χ1) is 14.7. The van der Waals surface area contributed by atoms with E-state index in [1.54, 1.807) is 7.11 Å². The van der Waals surface area contributed by atoms with Crippen LogP contribution in [0.15, 0.2) is 60.8 Å². The summed E-state index contributed by atoms with van der Waals surface area (Å²) in [7, 11) is 1.63. The van der Waals surface area contributed by atoms with Crippen LogP contribution in [0.2, 0.25) is 0 Å². The quantitative estimate of drug-likeness (QED) is 0.685. The van der Waals surface area contributed by atoms with Crippen LogP contribution in [0.3, 0.4) is 0 Å². The minimum Gasteiger partial charge on any atom is -0.495 e. The molecule has 30 heavy (non-hydrogen) atoms. The zero-order valence-corrected chi connectivity index (χ0v) is 17.3. The van der Waals surface area contributed by atoms with Crippen LogP contribution in [-0.4, -0.2) is 36.0 Å². The summed E-state index contributed by atoms with van der Waals surface area (Å²) in [5.74, 6) is 0.958. The lowest BCUT2D eigenvalue weighted by atomic mass is 9.90. The molecule has 1 aliphatic heterocycles. The highest BCUT2D eigenvalue weighted by Crippen LogP contribution is 2.59. The van der Waals surface area contributed by atoms with Gasteiger partial charge in [0.1, 0.15) is 5.75 Å². The summed E-state index contributed by atoms with van der Waals surface area (Å²) in [6.45, 7) is 3.02. The van der Waals surface area contributed by atoms with Crippen molar-refractivity contribution < 1.29 is 9.53 Å². The van der Waals surface area contributed by atoms with Crippen molar-refractivity contribution in [3.8, 4) is 5.75 Å². The van der Waals surface area contributed by atoms with E-state index in [4.69, 9.17) is 4.74 Å². The molecule has 2 fully saturated rings. The molecule has 2 aliphatic rings. The second-order valence-corrected chi connectivity index (χ2v) is 8.57. The minimum absolute atomic E-state index is 0.117. The van der Waals surface area contributed by atoms with Gasteiger partial charge in [-0.15, -0.1) is 0 Å². The van der Waals surface area contributed by atoms with Gasteiger partial charge in [-0.05, 0) is 67.6 Å². The molecular weight excluding hydrogens is 374 g/mol. The number of carbonyl (C=O) groups excluding carboxylic acids is 1. The lowest BCUT2D eigenvalue weighted by Crippen LogP contribution is -2.35. The summed E-state index contributed by atoms with van der Waals surface area (Å²) >= 11 is 0. The first kappa shape index (κ1) is 19.1. The number of ether oxygens (including phenoxy) is 1. The van der Waals surface area contributed by atoms with Gasteiger partial charge in [0.15, 0.2) is 0 Å². The predicted molar refractivity (Wildman–Crippen MR) is 118 cm³/mol. The van der Waals surface area contributed by atoms with Gasteiger partial charge in [-0.2, -0.15) is 0 Å². The Morgan fingerprint density at radius 2 is 1.90 bits per heavy atom. The molecule has 5 heteroatoms. The first-order valence-electron chi connectivity index (χ1n) is 10.7. The summed E-state index contributed by atoms with van der Waals surface area (Å²) in [6.07, 6.45) is 5.07. The van der Waals surface area contributed by atoms with Crippen LogP contribution in [-0.2, 0) is 11.3 Å². The van der Waals surface area contributed by atoms with Crippen LogP contribution in [0.25, 0.3) is 10.9 Å². The number of aromatic nitrogens is 1. The number of anilines is 1. The molecule has 1 aliphatic carbocycles. The average molecular weight is 402 g/mol. The smallest absolute Gasteiger partial charge is 0.228 e. The average Bonchev–Trinajstić information content (AvgIpc) is 3.50. The molecule has 154 valence electrons. The van der Waals surface area contributed by atoms with Gasteiger partial charge in [-0.1, -0.05) is 30.3 Å². The standard InChI is InChI=1S/C25H27N3O2/c1-30-23-9-5-4-8-22(23)27-24(29)20-16-25(20)11-14-28(15-12-25)17-18-10-13-26-21-7-3-2-6-19(18)21/h2-10,13,20H,11-12,14-17H2,1H3,(H,27,29). The van der Waals surface area contributed by atoms with Gasteiger partial charge in [-0.3, -0.25) is 14.7 Å². The molecule has 1 spiro atoms. The molecule has 2 heterocycles. The van der Waals surface area contributed by atoms with Crippen molar-refractivity contribution in [3.05, 3.63) is 66.4 Å². The fourth-order valence-corrected chi connectivity index (χ4v) is 4.93. The van der Waals surface area contributed by atoms with E-state index in [1.165, 1.54) is 10.9 Å². The van der Waals surface area contributed by atoms with Crippen molar-refractivity contribution in [2.45, 2.75) is 25.8 Å². The molecule has 1 atom stereocenters. The number of likely N-dealkylation sites (tertiary alicyclic amines) is 1. The van der Waals surface area contributed by atoms with Gasteiger partial charge in [0, 0.05) is 24.0 Å². The second-order valence-electron chi connectivity index (χ2n) is 8.57. The van der Waals surface area contributed by atoms with Crippen LogP contribution < -0.4 is 10.1 Å². The lowest BCUT2D eigenvalue weighted by Gasteiger charge is -2.33. The Balaban J connectivity index is 1.20. The van der Waals surface area contributed by atoms with E-state index in [9.17, 15) is 4.79 Å². The fraction of sp³-hybridized carbons (Fsp3) is 0.360. The van der Waals surface area contributed by atoms with Gasteiger partial charge in [0.2, 0.25) is 5.91 Å². The number of amides is 1. The topological polar surface area (TPSA) is 54.5 Å². The molecule has 2 aromatic carbocycles. The Morgan fingerprint density at radius 3 is 2.73 bits per heavy atom. The lowest BCUT2D eigenvalue weighted by molar-refractivity contribution is -0.118. The number of pyridine rings is 1. The SMILES string of the molecule is COc1ccccc1NC(=O)C1CC12CCN(Cc1ccnc3ccccc13)CC2. The van der Waals surface area contributed by atoms with Crippen LogP contribution >= 0.6 is 0 Å². The number of methoxy groups -OCH3 is 1. The summed E-state index contributed by atoms with van der Waals surface area (Å²) in [6, 6.07) is 18.1. The van der Waals surface area contributed by atoms with Crippen LogP contribution in [0.5, 0.6) is 5.75 Å². The normalized spacial score (nSPS) is 20.2. The molecule has 3 aromatic rings. The molecule has 1 saturated heterocycles. The third-order valence-corrected chi connectivity index (χ3v) is 6.86. The first-order valence-corrected chi connectivity index (χ1v) is 10.7. The Hall–Kier alpha value is -2.92. The number of hydrogen-bond donors (Lipinski definition) is 1. The van der Waals surface area contributed by atoms with E-state index in [2.05, 4.69) is 39.5 Å². The molecule has 1 amide bonds. The molecule has 0 radical (unpaired) electrons. The number of benzene rings is 2. The largest absolute Gasteiger partial charge is 0.495 e. The van der Waals surface area contributed by atoms with E-state index in [0.717, 1.165) is 50.1 Å². The Labute approximate surface area is 177 Å². The number of para-hydroxylation sites is 3. The highest BCUT2D eigenvalue weighted by Gasteiger charge is 2.58. The molecule has 5 rings (SSSR count). The minimum atomic E-state index is 0.117. The molecule has 5 nitrogen and oxygen atoms in total. The van der Waals surface area contributed by atoms with Crippen LogP contribution in [0.4, 0.5) is 5.69 Å². The summed E-state index contributed by atoms with van der Waals surface area (Å²) in [5.41, 5.74) is 3.33. The summed E-state index contributed by atoms with van der Waals surface area (Å²) in [4.78, 5) is 19.8. The molecular formula is C25H27N3O2. The van der Waals surface area contributed by atoms with Gasteiger partial charge in [-0.25, -0.2) is 0 Å². The second kappa shape index (κ2) is 7.73. The Bertz CT molecular complexity index is 1070. The van der Waals surface area contributed by atoms with Crippen molar-refractivity contribution >= 4 is 22.5 Å². The molecule has 1 aromatic heterocycles. The number of carbonyl (C=O) groups is 1. The predicted octanol–water partition coefficient (Wildman–Crippen LogP) is 4.48. The third kappa shape index (κ3) is 3.54. The van der Waals surface area contributed by atoms with E-state index >= 15 is 0 Å². The van der Waals surface area contributed by atoms with Gasteiger partial charge < -0.3 is 10.1 Å². The van der Waals surface area contributed by atoms with Crippen molar-refractivity contribution in [3.63, 3.8) is 0 Å². The van der Waals surface area contributed by atoms with E-state index in [1.807, 2.05) is 36.5 Å². The number of fused-ring (bicyclic) bond motifs is 1. The molecule has 1 N–H and O–H groups in total. The van der Waals surface area contributed by atoms with Crippen molar-refractivity contribution in [2.75, 3.05) is 25.5 Å². The maximum absolute atomic E-state index is 12.8. The van der Waals surface area contributed by atoms with Crippen LogP contribution in [0, 0.1) is 11.3 Å². The maximum atomic E-state index is 12.8. The van der Waals surface area contributed by atoms with Crippen molar-refractivity contribution in [2.24, 2.45) is 11.3 Å². The van der Waals surface area contributed by atoms with Gasteiger partial charge >= 0.3 is 0 Å². The van der Waals surface area contributed by atoms with E-state index in [0.29, 0.717) is 5.75 Å². The monoisotopic (exact) mass is 401 g/mol. The van der Waals surface area contributed by atoms with Crippen LogP contribution in [0.1, 0.15) is 24.8 Å². The number of rotatable bonds is 5. The third-order valence-electron chi connectivity index (χ3n) is 6.86. The number of nitrogens with one attached hydrogen (secondary N) is 1. The summed E-state index contributed by atoms with van der Waals surface area (Å²) in [5, 5.41) is 4.32. The highest BCUT2D eigenvalue weighted by atomic mass is 16.5. The highest BCUT2D eigenvalue weighted by molar-refractivity contribution is 5.96.